The van der Waals surface area contributed by atoms with E-state index in [0.29, 0.717) is 13.1 Å². The molecule has 0 spiro atoms. The van der Waals surface area contributed by atoms with Crippen LogP contribution in [0.5, 0.6) is 0 Å². The van der Waals surface area contributed by atoms with Crippen LogP contribution in [0, 0.1) is 0 Å². The fourth-order valence-corrected chi connectivity index (χ4v) is 3.52. The van der Waals surface area contributed by atoms with E-state index in [1.807, 2.05) is 18.2 Å². The van der Waals surface area contributed by atoms with E-state index in [1.165, 1.54) is 5.56 Å². The van der Waals surface area contributed by atoms with Crippen molar-refractivity contribution in [3.8, 4) is 0 Å². The molecule has 0 fully saturated rings. The van der Waals surface area contributed by atoms with Gasteiger partial charge in [-0.1, -0.05) is 35.0 Å². The highest BCUT2D eigenvalue weighted by molar-refractivity contribution is 9.10. The first-order chi connectivity index (χ1) is 10.7. The van der Waals surface area contributed by atoms with E-state index >= 15 is 0 Å². The minimum atomic E-state index is 0.00219. The summed E-state index contributed by atoms with van der Waals surface area (Å²) in [5, 5.41) is 5.04. The third-order valence-corrected chi connectivity index (χ3v) is 4.93. The monoisotopic (exact) mass is 376 g/mol. The van der Waals surface area contributed by atoms with Crippen molar-refractivity contribution in [3.05, 3.63) is 57.5 Å². The average molecular weight is 377 g/mol. The molecule has 0 radical (unpaired) electrons. The SMILES string of the molecule is CCCNC(=O)c1cc2sccc2n1Cc1ccc(Br)cc1. The van der Waals surface area contributed by atoms with Gasteiger partial charge in [0, 0.05) is 17.6 Å². The van der Waals surface area contributed by atoms with Gasteiger partial charge in [-0.25, -0.2) is 0 Å². The van der Waals surface area contributed by atoms with Crippen molar-refractivity contribution in [2.24, 2.45) is 0 Å². The normalized spacial score (nSPS) is 11.0. The van der Waals surface area contributed by atoms with Gasteiger partial charge in [0.1, 0.15) is 5.69 Å². The van der Waals surface area contributed by atoms with Crippen LogP contribution in [0.15, 0.2) is 46.3 Å². The van der Waals surface area contributed by atoms with Crippen molar-refractivity contribution in [2.45, 2.75) is 19.9 Å². The van der Waals surface area contributed by atoms with Gasteiger partial charge < -0.3 is 9.88 Å². The second kappa shape index (κ2) is 6.67. The zero-order chi connectivity index (χ0) is 15.5. The number of hydrogen-bond donors (Lipinski definition) is 1. The number of nitrogens with zero attached hydrogens (tertiary/aromatic N) is 1. The van der Waals surface area contributed by atoms with Crippen molar-refractivity contribution >= 4 is 43.4 Å². The zero-order valence-electron chi connectivity index (χ0n) is 12.3. The van der Waals surface area contributed by atoms with Gasteiger partial charge in [0.25, 0.3) is 5.91 Å². The molecule has 0 atom stereocenters. The third kappa shape index (κ3) is 3.10. The number of thiophene rings is 1. The lowest BCUT2D eigenvalue weighted by atomic mass is 10.2. The molecule has 2 heterocycles. The van der Waals surface area contributed by atoms with Gasteiger partial charge in [0.2, 0.25) is 0 Å². The van der Waals surface area contributed by atoms with Crippen molar-refractivity contribution in [2.75, 3.05) is 6.54 Å². The first-order valence-corrected chi connectivity index (χ1v) is 8.95. The highest BCUT2D eigenvalue weighted by Crippen LogP contribution is 2.26. The lowest BCUT2D eigenvalue weighted by Crippen LogP contribution is -2.26. The van der Waals surface area contributed by atoms with Crippen LogP contribution >= 0.6 is 27.3 Å². The summed E-state index contributed by atoms with van der Waals surface area (Å²) in [6.45, 7) is 3.46. The summed E-state index contributed by atoms with van der Waals surface area (Å²) in [7, 11) is 0. The van der Waals surface area contributed by atoms with Crippen LogP contribution in [0.1, 0.15) is 29.4 Å². The van der Waals surface area contributed by atoms with Gasteiger partial charge in [-0.15, -0.1) is 11.3 Å². The Morgan fingerprint density at radius 2 is 2.05 bits per heavy atom. The third-order valence-electron chi connectivity index (χ3n) is 3.54. The second-order valence-corrected chi connectivity index (χ2v) is 7.03. The summed E-state index contributed by atoms with van der Waals surface area (Å²) >= 11 is 5.12. The number of fused-ring (bicyclic) bond motifs is 1. The topological polar surface area (TPSA) is 34.0 Å². The molecule has 3 nitrogen and oxygen atoms in total. The Bertz CT molecular complexity index is 789. The van der Waals surface area contributed by atoms with Gasteiger partial charge in [0.15, 0.2) is 0 Å². The number of aromatic nitrogens is 1. The van der Waals surface area contributed by atoms with Gasteiger partial charge in [-0.3, -0.25) is 4.79 Å². The number of nitrogens with one attached hydrogen (secondary N) is 1. The van der Waals surface area contributed by atoms with Crippen molar-refractivity contribution in [1.82, 2.24) is 9.88 Å². The Morgan fingerprint density at radius 3 is 2.77 bits per heavy atom. The molecule has 0 unspecified atom stereocenters. The van der Waals surface area contributed by atoms with Gasteiger partial charge in [-0.05, 0) is 41.6 Å². The summed E-state index contributed by atoms with van der Waals surface area (Å²) in [6, 6.07) is 12.3. The molecule has 5 heteroatoms. The molecule has 1 aromatic carbocycles. The molecule has 1 amide bonds. The number of benzene rings is 1. The van der Waals surface area contributed by atoms with Crippen LogP contribution in [-0.4, -0.2) is 17.0 Å². The van der Waals surface area contributed by atoms with E-state index in [-0.39, 0.29) is 5.91 Å². The number of amides is 1. The van der Waals surface area contributed by atoms with E-state index in [1.54, 1.807) is 11.3 Å². The highest BCUT2D eigenvalue weighted by Gasteiger charge is 2.16. The van der Waals surface area contributed by atoms with E-state index in [0.717, 1.165) is 26.8 Å². The number of hydrogen-bond acceptors (Lipinski definition) is 2. The van der Waals surface area contributed by atoms with Crippen molar-refractivity contribution in [1.29, 1.82) is 0 Å². The summed E-state index contributed by atoms with van der Waals surface area (Å²) in [5.41, 5.74) is 3.03. The first-order valence-electron chi connectivity index (χ1n) is 7.28. The smallest absolute Gasteiger partial charge is 0.267 e. The molecule has 0 aliphatic carbocycles. The molecule has 0 saturated carbocycles. The van der Waals surface area contributed by atoms with Crippen LogP contribution in [0.2, 0.25) is 0 Å². The average Bonchev–Trinajstić information content (AvgIpc) is 3.09. The standard InChI is InChI=1S/C17H17BrN2OS/c1-2-8-19-17(21)15-10-16-14(7-9-22-16)20(15)11-12-3-5-13(18)6-4-12/h3-7,9-10H,2,8,11H2,1H3,(H,19,21). The molecule has 2 aromatic heterocycles. The molecule has 0 bridgehead atoms. The fraction of sp³-hybridized carbons (Fsp3) is 0.235. The first kappa shape index (κ1) is 15.3. The highest BCUT2D eigenvalue weighted by atomic mass is 79.9. The van der Waals surface area contributed by atoms with Gasteiger partial charge >= 0.3 is 0 Å². The van der Waals surface area contributed by atoms with Gasteiger partial charge in [-0.2, -0.15) is 0 Å². The maximum atomic E-state index is 12.4. The van der Waals surface area contributed by atoms with Crippen molar-refractivity contribution in [3.63, 3.8) is 0 Å². The molecular formula is C17H17BrN2OS. The summed E-state index contributed by atoms with van der Waals surface area (Å²) in [6.07, 6.45) is 0.938. The number of carbonyl (C=O) groups excluding carboxylic acids is 1. The number of rotatable bonds is 5. The summed E-state index contributed by atoms with van der Waals surface area (Å²) in [5.74, 6) is 0.00219. The molecule has 22 heavy (non-hydrogen) atoms. The maximum absolute atomic E-state index is 12.4. The van der Waals surface area contributed by atoms with E-state index < -0.39 is 0 Å². The number of carbonyl (C=O) groups is 1. The molecule has 0 aliphatic heterocycles. The Morgan fingerprint density at radius 1 is 1.27 bits per heavy atom. The minimum Gasteiger partial charge on any atom is -0.351 e. The van der Waals surface area contributed by atoms with Crippen molar-refractivity contribution < 1.29 is 4.79 Å². The van der Waals surface area contributed by atoms with E-state index in [9.17, 15) is 4.79 Å². The van der Waals surface area contributed by atoms with E-state index in [2.05, 4.69) is 56.3 Å². The molecule has 3 aromatic rings. The summed E-state index contributed by atoms with van der Waals surface area (Å²) < 4.78 is 4.31. The molecular weight excluding hydrogens is 360 g/mol. The number of halogens is 1. The molecule has 3 rings (SSSR count). The summed E-state index contributed by atoms with van der Waals surface area (Å²) in [4.78, 5) is 12.4. The largest absolute Gasteiger partial charge is 0.351 e. The maximum Gasteiger partial charge on any atom is 0.267 e. The molecule has 0 saturated heterocycles. The Hall–Kier alpha value is -1.59. The van der Waals surface area contributed by atoms with Crippen LogP contribution < -0.4 is 5.32 Å². The molecule has 1 N–H and O–H groups in total. The predicted octanol–water partition coefficient (Wildman–Crippen LogP) is 4.65. The lowest BCUT2D eigenvalue weighted by Gasteiger charge is -2.11. The molecule has 114 valence electrons. The Labute approximate surface area is 142 Å². The quantitative estimate of drug-likeness (QED) is 0.690. The lowest BCUT2D eigenvalue weighted by molar-refractivity contribution is 0.0945. The van der Waals surface area contributed by atoms with Crippen LogP contribution in [0.25, 0.3) is 10.2 Å². The second-order valence-electron chi connectivity index (χ2n) is 5.17. The fourth-order valence-electron chi connectivity index (χ4n) is 2.44. The van der Waals surface area contributed by atoms with Crippen LogP contribution in [0.4, 0.5) is 0 Å². The van der Waals surface area contributed by atoms with Crippen LogP contribution in [-0.2, 0) is 6.54 Å². The van der Waals surface area contributed by atoms with E-state index in [4.69, 9.17) is 0 Å². The van der Waals surface area contributed by atoms with Crippen LogP contribution in [0.3, 0.4) is 0 Å². The van der Waals surface area contributed by atoms with Gasteiger partial charge in [0.05, 0.1) is 10.2 Å². The minimum absolute atomic E-state index is 0.00219. The predicted molar refractivity (Wildman–Crippen MR) is 95.7 cm³/mol. The Balaban J connectivity index is 1.96. The zero-order valence-corrected chi connectivity index (χ0v) is 14.7. The molecule has 0 aliphatic rings. The Kier molecular flexibility index (Phi) is 4.64.